The van der Waals surface area contributed by atoms with Crippen LogP contribution in [0.2, 0.25) is 0 Å². The van der Waals surface area contributed by atoms with Crippen molar-refractivity contribution >= 4 is 5.84 Å². The van der Waals surface area contributed by atoms with Crippen molar-refractivity contribution in [2.24, 2.45) is 4.99 Å². The predicted octanol–water partition coefficient (Wildman–Crippen LogP) is 3.66. The van der Waals surface area contributed by atoms with E-state index in [4.69, 9.17) is 0 Å². The third-order valence-corrected chi connectivity index (χ3v) is 4.58. The van der Waals surface area contributed by atoms with Crippen LogP contribution < -0.4 is 5.32 Å². The van der Waals surface area contributed by atoms with Gasteiger partial charge in [0.15, 0.2) is 0 Å². The van der Waals surface area contributed by atoms with Gasteiger partial charge in [0.25, 0.3) is 0 Å². The normalized spacial score (nSPS) is 17.6. The number of hydrogen-bond acceptors (Lipinski definition) is 2. The minimum atomic E-state index is 0.247. The van der Waals surface area contributed by atoms with Crippen LogP contribution in [0.25, 0.3) is 0 Å². The maximum Gasteiger partial charge on any atom is 0.0971 e. The molecular formula is C19H20N2. The summed E-state index contributed by atoms with van der Waals surface area (Å²) < 4.78 is 0. The lowest BCUT2D eigenvalue weighted by Gasteiger charge is -2.22. The molecule has 1 aliphatic carbocycles. The van der Waals surface area contributed by atoms with E-state index in [1.54, 1.807) is 0 Å². The summed E-state index contributed by atoms with van der Waals surface area (Å²) in [6.45, 7) is 0.971. The molecule has 0 spiro atoms. The van der Waals surface area contributed by atoms with Crippen LogP contribution in [0, 0.1) is 0 Å². The lowest BCUT2D eigenvalue weighted by Crippen LogP contribution is -2.28. The maximum absolute atomic E-state index is 4.61. The fourth-order valence-electron chi connectivity index (χ4n) is 3.50. The molecule has 2 aliphatic rings. The van der Waals surface area contributed by atoms with Gasteiger partial charge in [0.2, 0.25) is 0 Å². The molecule has 2 aromatic carbocycles. The van der Waals surface area contributed by atoms with Gasteiger partial charge < -0.3 is 5.32 Å². The molecule has 0 saturated heterocycles. The number of nitrogens with one attached hydrogen (secondary N) is 1. The molecule has 21 heavy (non-hydrogen) atoms. The highest BCUT2D eigenvalue weighted by Crippen LogP contribution is 2.32. The highest BCUT2D eigenvalue weighted by molar-refractivity contribution is 5.84. The lowest BCUT2D eigenvalue weighted by molar-refractivity contribution is 0.748. The summed E-state index contributed by atoms with van der Waals surface area (Å²) in [6.07, 6.45) is 4.51. The van der Waals surface area contributed by atoms with E-state index in [-0.39, 0.29) is 6.04 Å². The van der Waals surface area contributed by atoms with Crippen molar-refractivity contribution in [2.45, 2.75) is 31.7 Å². The fraction of sp³-hybridized carbons (Fsp3) is 0.316. The van der Waals surface area contributed by atoms with Crippen molar-refractivity contribution in [3.05, 3.63) is 70.8 Å². The fourth-order valence-corrected chi connectivity index (χ4v) is 3.50. The average Bonchev–Trinajstić information content (AvgIpc) is 2.99. The molecular weight excluding hydrogens is 256 g/mol. The number of aryl methyl sites for hydroxylation is 2. The minimum absolute atomic E-state index is 0.247. The highest BCUT2D eigenvalue weighted by atomic mass is 15.0. The quantitative estimate of drug-likeness (QED) is 0.844. The Bertz CT molecular complexity index is 640. The van der Waals surface area contributed by atoms with E-state index in [1.165, 1.54) is 34.5 Å². The van der Waals surface area contributed by atoms with Crippen LogP contribution in [0.5, 0.6) is 0 Å². The van der Waals surface area contributed by atoms with Crippen LogP contribution in [-0.2, 0) is 12.8 Å². The third-order valence-electron chi connectivity index (χ3n) is 4.58. The molecule has 2 aromatic rings. The van der Waals surface area contributed by atoms with Crippen molar-refractivity contribution in [3.8, 4) is 0 Å². The Morgan fingerprint density at radius 2 is 1.43 bits per heavy atom. The number of benzene rings is 2. The van der Waals surface area contributed by atoms with E-state index in [0.29, 0.717) is 0 Å². The monoisotopic (exact) mass is 276 g/mol. The van der Waals surface area contributed by atoms with E-state index in [0.717, 1.165) is 25.8 Å². The summed E-state index contributed by atoms with van der Waals surface area (Å²) in [4.78, 5) is 4.61. The van der Waals surface area contributed by atoms with E-state index in [9.17, 15) is 0 Å². The predicted molar refractivity (Wildman–Crippen MR) is 86.8 cm³/mol. The Kier molecular flexibility index (Phi) is 3.23. The van der Waals surface area contributed by atoms with Gasteiger partial charge in [0.1, 0.15) is 0 Å². The Labute approximate surface area is 125 Å². The summed E-state index contributed by atoms with van der Waals surface area (Å²) >= 11 is 0. The number of nitrogens with zero attached hydrogens (tertiary/aromatic N) is 1. The van der Waals surface area contributed by atoms with E-state index >= 15 is 0 Å². The zero-order valence-electron chi connectivity index (χ0n) is 12.2. The molecule has 4 rings (SSSR count). The Morgan fingerprint density at radius 3 is 2.00 bits per heavy atom. The lowest BCUT2D eigenvalue weighted by atomic mass is 9.94. The SMILES string of the molecule is c1ccc2c(c1)CCc1ccccc1C2NC1=NCCC1. The number of amidine groups is 1. The molecule has 0 saturated carbocycles. The smallest absolute Gasteiger partial charge is 0.0971 e. The molecule has 0 amide bonds. The topological polar surface area (TPSA) is 24.4 Å². The molecule has 0 atom stereocenters. The van der Waals surface area contributed by atoms with Gasteiger partial charge in [-0.25, -0.2) is 0 Å². The largest absolute Gasteiger partial charge is 0.363 e. The van der Waals surface area contributed by atoms with Crippen LogP contribution >= 0.6 is 0 Å². The van der Waals surface area contributed by atoms with Gasteiger partial charge in [0, 0.05) is 13.0 Å². The first-order valence-corrected chi connectivity index (χ1v) is 7.87. The van der Waals surface area contributed by atoms with Crippen molar-refractivity contribution in [3.63, 3.8) is 0 Å². The van der Waals surface area contributed by atoms with E-state index < -0.39 is 0 Å². The molecule has 0 fully saturated rings. The molecule has 1 aliphatic heterocycles. The summed E-state index contributed by atoms with van der Waals surface area (Å²) in [5.41, 5.74) is 5.75. The van der Waals surface area contributed by atoms with Gasteiger partial charge in [-0.15, -0.1) is 0 Å². The molecule has 0 unspecified atom stereocenters. The summed E-state index contributed by atoms with van der Waals surface area (Å²) in [5.74, 6) is 1.17. The van der Waals surface area contributed by atoms with Gasteiger partial charge in [-0.05, 0) is 41.5 Å². The summed E-state index contributed by atoms with van der Waals surface area (Å²) in [6, 6.07) is 17.9. The van der Waals surface area contributed by atoms with Crippen molar-refractivity contribution < 1.29 is 0 Å². The van der Waals surface area contributed by atoms with Crippen LogP contribution in [0.4, 0.5) is 0 Å². The molecule has 0 bridgehead atoms. The average molecular weight is 276 g/mol. The van der Waals surface area contributed by atoms with Gasteiger partial charge in [-0.2, -0.15) is 0 Å². The number of rotatable bonds is 1. The Hall–Kier alpha value is -2.09. The molecule has 1 heterocycles. The van der Waals surface area contributed by atoms with E-state index in [1.807, 2.05) is 0 Å². The zero-order chi connectivity index (χ0) is 14.1. The van der Waals surface area contributed by atoms with Gasteiger partial charge in [-0.3, -0.25) is 4.99 Å². The second-order valence-electron chi connectivity index (χ2n) is 5.91. The van der Waals surface area contributed by atoms with E-state index in [2.05, 4.69) is 58.8 Å². The van der Waals surface area contributed by atoms with Crippen molar-refractivity contribution in [1.82, 2.24) is 5.32 Å². The van der Waals surface area contributed by atoms with Crippen molar-refractivity contribution in [2.75, 3.05) is 6.54 Å². The molecule has 106 valence electrons. The summed E-state index contributed by atoms with van der Waals surface area (Å²) in [5, 5.41) is 3.72. The van der Waals surface area contributed by atoms with Crippen LogP contribution in [0.15, 0.2) is 53.5 Å². The molecule has 1 N–H and O–H groups in total. The number of fused-ring (bicyclic) bond motifs is 2. The second kappa shape index (κ2) is 5.36. The highest BCUT2D eigenvalue weighted by Gasteiger charge is 2.24. The van der Waals surface area contributed by atoms with Crippen LogP contribution in [-0.4, -0.2) is 12.4 Å². The standard InChI is InChI=1S/C19H20N2/c1-3-8-16-14(6-1)11-12-15-7-2-4-9-17(15)19(16)21-18-10-5-13-20-18/h1-4,6-9,19H,5,10-13H2,(H,20,21). The number of hydrogen-bond donors (Lipinski definition) is 1. The number of aliphatic imine (C=N–C) groups is 1. The first kappa shape index (κ1) is 12.6. The van der Waals surface area contributed by atoms with Crippen LogP contribution in [0.3, 0.4) is 0 Å². The minimum Gasteiger partial charge on any atom is -0.363 e. The first-order valence-electron chi connectivity index (χ1n) is 7.87. The third kappa shape index (κ3) is 2.35. The summed E-state index contributed by atoms with van der Waals surface area (Å²) in [7, 11) is 0. The molecule has 0 aromatic heterocycles. The van der Waals surface area contributed by atoms with Gasteiger partial charge in [0.05, 0.1) is 11.9 Å². The van der Waals surface area contributed by atoms with Crippen molar-refractivity contribution in [1.29, 1.82) is 0 Å². The first-order chi connectivity index (χ1) is 10.4. The van der Waals surface area contributed by atoms with Crippen LogP contribution in [0.1, 0.15) is 41.1 Å². The zero-order valence-corrected chi connectivity index (χ0v) is 12.2. The van der Waals surface area contributed by atoms with Gasteiger partial charge in [-0.1, -0.05) is 48.5 Å². The molecule has 0 radical (unpaired) electrons. The molecule has 2 nitrogen and oxygen atoms in total. The molecule has 2 heteroatoms. The van der Waals surface area contributed by atoms with Gasteiger partial charge >= 0.3 is 0 Å². The Morgan fingerprint density at radius 1 is 0.810 bits per heavy atom. The second-order valence-corrected chi connectivity index (χ2v) is 5.91. The Balaban J connectivity index is 1.81. The maximum atomic E-state index is 4.61.